The first-order valence-corrected chi connectivity index (χ1v) is 6.31. The lowest BCUT2D eigenvalue weighted by Gasteiger charge is -2.39. The average molecular weight is 248 g/mol. The van der Waals surface area contributed by atoms with Gasteiger partial charge in [-0.05, 0) is 12.5 Å². The van der Waals surface area contributed by atoms with Crippen LogP contribution in [0.5, 0.6) is 0 Å². The van der Waals surface area contributed by atoms with Crippen LogP contribution in [0.25, 0.3) is 0 Å². The standard InChI is InChI=1S/C14H20N2O2/c1-12-10-16(14(17)18-2)9-8-15(12)11-13-6-4-3-5-7-13/h3-7,12H,8-11H2,1-2H3/t12-/m1/s1. The summed E-state index contributed by atoms with van der Waals surface area (Å²) in [4.78, 5) is 15.6. The zero-order valence-corrected chi connectivity index (χ0v) is 11.0. The first-order valence-electron chi connectivity index (χ1n) is 6.31. The Labute approximate surface area is 108 Å². The molecule has 98 valence electrons. The molecule has 4 heteroatoms. The normalized spacial score (nSPS) is 20.8. The highest BCUT2D eigenvalue weighted by atomic mass is 16.5. The van der Waals surface area contributed by atoms with Crippen LogP contribution in [-0.2, 0) is 11.3 Å². The first-order chi connectivity index (χ1) is 8.70. The number of methoxy groups -OCH3 is 1. The van der Waals surface area contributed by atoms with Crippen LogP contribution in [0.15, 0.2) is 30.3 Å². The van der Waals surface area contributed by atoms with Crippen molar-refractivity contribution in [3.63, 3.8) is 0 Å². The Morgan fingerprint density at radius 3 is 2.67 bits per heavy atom. The van der Waals surface area contributed by atoms with E-state index in [0.29, 0.717) is 6.04 Å². The molecule has 1 aromatic carbocycles. The summed E-state index contributed by atoms with van der Waals surface area (Å²) in [6.45, 7) is 5.46. The Morgan fingerprint density at radius 2 is 2.06 bits per heavy atom. The Kier molecular flexibility index (Phi) is 4.20. The Balaban J connectivity index is 1.92. The molecule has 0 radical (unpaired) electrons. The molecule has 4 nitrogen and oxygen atoms in total. The van der Waals surface area contributed by atoms with Gasteiger partial charge in [-0.2, -0.15) is 0 Å². The molecule has 0 N–H and O–H groups in total. The van der Waals surface area contributed by atoms with Crippen LogP contribution in [0.3, 0.4) is 0 Å². The first kappa shape index (κ1) is 12.9. The van der Waals surface area contributed by atoms with Gasteiger partial charge < -0.3 is 9.64 Å². The van der Waals surface area contributed by atoms with Crippen molar-refractivity contribution in [2.24, 2.45) is 0 Å². The summed E-state index contributed by atoms with van der Waals surface area (Å²) < 4.78 is 4.76. The summed E-state index contributed by atoms with van der Waals surface area (Å²) >= 11 is 0. The molecule has 0 bridgehead atoms. The Bertz CT molecular complexity index is 394. The third kappa shape index (κ3) is 3.01. The van der Waals surface area contributed by atoms with Crippen molar-refractivity contribution < 1.29 is 9.53 Å². The molecule has 1 aliphatic rings. The topological polar surface area (TPSA) is 32.8 Å². The summed E-state index contributed by atoms with van der Waals surface area (Å²) in [6, 6.07) is 10.8. The number of amides is 1. The van der Waals surface area contributed by atoms with Gasteiger partial charge in [0.05, 0.1) is 7.11 Å². The van der Waals surface area contributed by atoms with Crippen LogP contribution in [-0.4, -0.2) is 48.7 Å². The lowest BCUT2D eigenvalue weighted by molar-refractivity contribution is 0.0620. The van der Waals surface area contributed by atoms with E-state index in [1.54, 1.807) is 4.90 Å². The molecule has 0 aliphatic carbocycles. The van der Waals surface area contributed by atoms with E-state index in [4.69, 9.17) is 4.74 Å². The highest BCUT2D eigenvalue weighted by molar-refractivity contribution is 5.67. The quantitative estimate of drug-likeness (QED) is 0.802. The third-order valence-corrected chi connectivity index (χ3v) is 3.43. The lowest BCUT2D eigenvalue weighted by Crippen LogP contribution is -2.53. The van der Waals surface area contributed by atoms with E-state index in [0.717, 1.165) is 26.2 Å². The SMILES string of the molecule is COC(=O)N1CCN(Cc2ccccc2)[C@H](C)C1. The highest BCUT2D eigenvalue weighted by Crippen LogP contribution is 2.14. The van der Waals surface area contributed by atoms with E-state index < -0.39 is 0 Å². The molecular weight excluding hydrogens is 228 g/mol. The van der Waals surface area contributed by atoms with Gasteiger partial charge in [-0.3, -0.25) is 4.90 Å². The number of hydrogen-bond donors (Lipinski definition) is 0. The van der Waals surface area contributed by atoms with E-state index in [1.807, 2.05) is 6.07 Å². The van der Waals surface area contributed by atoms with Crippen LogP contribution < -0.4 is 0 Å². The molecule has 0 saturated carbocycles. The zero-order chi connectivity index (χ0) is 13.0. The number of piperazine rings is 1. The Hall–Kier alpha value is -1.55. The fourth-order valence-corrected chi connectivity index (χ4v) is 2.34. The molecule has 1 saturated heterocycles. The number of ether oxygens (including phenoxy) is 1. The maximum absolute atomic E-state index is 11.5. The fourth-order valence-electron chi connectivity index (χ4n) is 2.34. The predicted octanol–water partition coefficient (Wildman–Crippen LogP) is 1.96. The second kappa shape index (κ2) is 5.87. The maximum atomic E-state index is 11.5. The number of carbonyl (C=O) groups excluding carboxylic acids is 1. The highest BCUT2D eigenvalue weighted by Gasteiger charge is 2.26. The van der Waals surface area contributed by atoms with Gasteiger partial charge in [0.15, 0.2) is 0 Å². The van der Waals surface area contributed by atoms with Crippen LogP contribution in [0.4, 0.5) is 4.79 Å². The predicted molar refractivity (Wildman–Crippen MR) is 70.3 cm³/mol. The van der Waals surface area contributed by atoms with Crippen LogP contribution >= 0.6 is 0 Å². The van der Waals surface area contributed by atoms with Gasteiger partial charge in [-0.15, -0.1) is 0 Å². The number of hydrogen-bond acceptors (Lipinski definition) is 3. The minimum atomic E-state index is -0.221. The number of carbonyl (C=O) groups is 1. The minimum absolute atomic E-state index is 0.221. The van der Waals surface area contributed by atoms with E-state index in [1.165, 1.54) is 12.7 Å². The minimum Gasteiger partial charge on any atom is -0.453 e. The van der Waals surface area contributed by atoms with Crippen molar-refractivity contribution in [2.75, 3.05) is 26.7 Å². The molecule has 1 heterocycles. The van der Waals surface area contributed by atoms with E-state index in [9.17, 15) is 4.79 Å². The average Bonchev–Trinajstić information content (AvgIpc) is 2.41. The second-order valence-electron chi connectivity index (χ2n) is 4.72. The van der Waals surface area contributed by atoms with E-state index in [-0.39, 0.29) is 6.09 Å². The molecule has 0 spiro atoms. The van der Waals surface area contributed by atoms with Gasteiger partial charge in [-0.1, -0.05) is 30.3 Å². The molecule has 1 aliphatic heterocycles. The van der Waals surface area contributed by atoms with Crippen LogP contribution in [0.1, 0.15) is 12.5 Å². The summed E-state index contributed by atoms with van der Waals surface area (Å²) in [5, 5.41) is 0. The maximum Gasteiger partial charge on any atom is 0.409 e. The zero-order valence-electron chi connectivity index (χ0n) is 11.0. The summed E-state index contributed by atoms with van der Waals surface area (Å²) in [7, 11) is 1.43. The monoisotopic (exact) mass is 248 g/mol. The lowest BCUT2D eigenvalue weighted by atomic mass is 10.1. The molecule has 1 aromatic rings. The summed E-state index contributed by atoms with van der Waals surface area (Å²) in [5.41, 5.74) is 1.32. The summed E-state index contributed by atoms with van der Waals surface area (Å²) in [5.74, 6) is 0. The number of benzene rings is 1. The smallest absolute Gasteiger partial charge is 0.409 e. The number of nitrogens with zero attached hydrogens (tertiary/aromatic N) is 2. The van der Waals surface area contributed by atoms with Crippen LogP contribution in [0, 0.1) is 0 Å². The molecule has 0 aromatic heterocycles. The second-order valence-corrected chi connectivity index (χ2v) is 4.72. The van der Waals surface area contributed by atoms with Gasteiger partial charge in [0.1, 0.15) is 0 Å². The van der Waals surface area contributed by atoms with Crippen molar-refractivity contribution in [3.8, 4) is 0 Å². The molecule has 1 amide bonds. The molecular formula is C14H20N2O2. The summed E-state index contributed by atoms with van der Waals surface area (Å²) in [6.07, 6.45) is -0.221. The third-order valence-electron chi connectivity index (χ3n) is 3.43. The molecule has 2 rings (SSSR count). The molecule has 0 unspecified atom stereocenters. The van der Waals surface area contributed by atoms with Gasteiger partial charge in [-0.25, -0.2) is 4.79 Å². The van der Waals surface area contributed by atoms with E-state index in [2.05, 4.69) is 36.1 Å². The van der Waals surface area contributed by atoms with Gasteiger partial charge in [0, 0.05) is 32.2 Å². The number of rotatable bonds is 2. The largest absolute Gasteiger partial charge is 0.453 e. The van der Waals surface area contributed by atoms with Crippen LogP contribution in [0.2, 0.25) is 0 Å². The van der Waals surface area contributed by atoms with Crippen molar-refractivity contribution >= 4 is 6.09 Å². The van der Waals surface area contributed by atoms with Crippen molar-refractivity contribution in [3.05, 3.63) is 35.9 Å². The van der Waals surface area contributed by atoms with Gasteiger partial charge >= 0.3 is 6.09 Å². The molecule has 18 heavy (non-hydrogen) atoms. The Morgan fingerprint density at radius 1 is 1.33 bits per heavy atom. The van der Waals surface area contributed by atoms with Crippen molar-refractivity contribution in [1.29, 1.82) is 0 Å². The van der Waals surface area contributed by atoms with Crippen molar-refractivity contribution in [2.45, 2.75) is 19.5 Å². The van der Waals surface area contributed by atoms with Crippen molar-refractivity contribution in [1.82, 2.24) is 9.80 Å². The van der Waals surface area contributed by atoms with E-state index >= 15 is 0 Å². The van der Waals surface area contributed by atoms with Gasteiger partial charge in [0.2, 0.25) is 0 Å². The van der Waals surface area contributed by atoms with Gasteiger partial charge in [0.25, 0.3) is 0 Å². The molecule has 1 fully saturated rings. The fraction of sp³-hybridized carbons (Fsp3) is 0.500. The molecule has 1 atom stereocenters.